The van der Waals surface area contributed by atoms with E-state index in [1.54, 1.807) is 26.8 Å². The van der Waals surface area contributed by atoms with Crippen LogP contribution >= 0.6 is 16.8 Å². The number of carbonyl (C=O) groups excluding carboxylic acids is 2. The number of hydrogen-bond acceptors (Lipinski definition) is 4. The zero-order valence-electron chi connectivity index (χ0n) is 10.3. The average Bonchev–Trinajstić information content (AvgIpc) is 2.16. The first-order valence-electron chi connectivity index (χ1n) is 4.93. The number of amides is 1. The van der Waals surface area contributed by atoms with Crippen LogP contribution in [-0.4, -0.2) is 28.8 Å². The van der Waals surface area contributed by atoms with Gasteiger partial charge in [-0.3, -0.25) is 4.79 Å². The second-order valence-corrected chi connectivity index (χ2v) is 5.80. The molecule has 1 N–H and O–H groups in total. The zero-order chi connectivity index (χ0) is 13.6. The quantitative estimate of drug-likeness (QED) is 0.797. The van der Waals surface area contributed by atoms with Crippen LogP contribution in [0.25, 0.3) is 0 Å². The Morgan fingerprint density at radius 2 is 2.00 bits per heavy atom. The molecule has 0 heterocycles. The molecular formula is C10H16N2O3P2. The molecule has 0 bridgehead atoms. The number of Topliss-reactive ketones (excluding diaryl/α,β-unsaturated/α-hetero) is 1. The molecule has 0 fully saturated rings. The van der Waals surface area contributed by atoms with Crippen molar-refractivity contribution in [1.29, 1.82) is 5.26 Å². The molecule has 17 heavy (non-hydrogen) atoms. The smallest absolute Gasteiger partial charge is 0.408 e. The second-order valence-electron chi connectivity index (χ2n) is 4.32. The zero-order valence-corrected chi connectivity index (χ0v) is 12.3. The lowest BCUT2D eigenvalue weighted by Crippen LogP contribution is -2.43. The summed E-state index contributed by atoms with van der Waals surface area (Å²) in [5.41, 5.74) is -0.618. The second kappa shape index (κ2) is 6.69. The highest BCUT2D eigenvalue weighted by Gasteiger charge is 2.22. The van der Waals surface area contributed by atoms with E-state index in [0.29, 0.717) is 7.89 Å². The number of alkyl carbamates (subject to hydrolysis) is 1. The monoisotopic (exact) mass is 274 g/mol. The lowest BCUT2D eigenvalue weighted by molar-refractivity contribution is -0.114. The van der Waals surface area contributed by atoms with Crippen LogP contribution in [0.15, 0.2) is 0 Å². The molecule has 0 aromatic heterocycles. The Balaban J connectivity index is 4.47. The molecule has 0 aromatic carbocycles. The van der Waals surface area contributed by atoms with Gasteiger partial charge in [0.25, 0.3) is 0 Å². The van der Waals surface area contributed by atoms with Crippen molar-refractivity contribution in [3.8, 4) is 6.07 Å². The summed E-state index contributed by atoms with van der Waals surface area (Å²) in [4.78, 5) is 23.0. The van der Waals surface area contributed by atoms with Crippen molar-refractivity contribution < 1.29 is 14.3 Å². The molecule has 0 aromatic rings. The molecule has 0 aliphatic carbocycles. The fourth-order valence-corrected chi connectivity index (χ4v) is 1.84. The van der Waals surface area contributed by atoms with Crippen LogP contribution in [0.5, 0.6) is 0 Å². The van der Waals surface area contributed by atoms with Gasteiger partial charge in [-0.25, -0.2) is 4.79 Å². The van der Waals surface area contributed by atoms with Gasteiger partial charge in [0.2, 0.25) is 0 Å². The van der Waals surface area contributed by atoms with Crippen LogP contribution in [0.4, 0.5) is 4.79 Å². The Kier molecular flexibility index (Phi) is 6.31. The molecule has 0 aliphatic heterocycles. The maximum Gasteiger partial charge on any atom is 0.408 e. The Hall–Kier alpha value is -0.970. The number of nitrogens with one attached hydrogen (secondary N) is 1. The molecule has 0 saturated heterocycles. The summed E-state index contributed by atoms with van der Waals surface area (Å²) in [6, 6.07) is 1.02. The van der Waals surface area contributed by atoms with E-state index < -0.39 is 23.5 Å². The van der Waals surface area contributed by atoms with Crippen molar-refractivity contribution in [2.45, 2.75) is 39.3 Å². The average molecular weight is 274 g/mol. The summed E-state index contributed by atoms with van der Waals surface area (Å²) in [7, 11) is 2.78. The third-order valence-corrected chi connectivity index (χ3v) is 2.95. The number of ether oxygens (including phenoxy) is 1. The molecule has 0 spiro atoms. The lowest BCUT2D eigenvalue weighted by atomic mass is 10.1. The number of carbonyl (C=O) groups is 2. The predicted molar refractivity (Wildman–Crippen MR) is 71.1 cm³/mol. The number of rotatable bonds is 3. The number of hydrogen-bond donors (Lipinski definition) is 1. The van der Waals surface area contributed by atoms with E-state index in [1.807, 2.05) is 0 Å². The first-order chi connectivity index (χ1) is 7.71. The first kappa shape index (κ1) is 16.0. The topological polar surface area (TPSA) is 79.2 Å². The highest BCUT2D eigenvalue weighted by molar-refractivity contribution is 8.03. The predicted octanol–water partition coefficient (Wildman–Crippen LogP) is 1.90. The normalized spacial score (nSPS) is 13.5. The van der Waals surface area contributed by atoms with Crippen molar-refractivity contribution in [2.24, 2.45) is 0 Å². The highest BCUT2D eigenvalue weighted by atomic mass is 32.0. The van der Waals surface area contributed by atoms with Crippen LogP contribution in [0.1, 0.15) is 27.7 Å². The first-order valence-corrected chi connectivity index (χ1v) is 7.44. The van der Waals surface area contributed by atoms with Gasteiger partial charge in [0.05, 0.1) is 6.04 Å². The maximum absolute atomic E-state index is 11.7. The summed E-state index contributed by atoms with van der Waals surface area (Å²) in [6.45, 7) is 6.70. The lowest BCUT2D eigenvalue weighted by Gasteiger charge is -2.21. The minimum atomic E-state index is -0.771. The minimum absolute atomic E-state index is 0.0820. The van der Waals surface area contributed by atoms with Crippen LogP contribution in [0.3, 0.4) is 0 Å². The standard InChI is InChI=1S/C10H16N2O3P2/c1-6(8(13)7(5-11)17-16)12-9(14)15-10(2,3)4/h6H,16H2,1-4H3,(H,12,14)/t6-/m0/s1. The minimum Gasteiger partial charge on any atom is -0.444 e. The summed E-state index contributed by atoms with van der Waals surface area (Å²) in [5, 5.41) is 11.2. The Morgan fingerprint density at radius 3 is 2.35 bits per heavy atom. The number of ketones is 1. The van der Waals surface area contributed by atoms with E-state index >= 15 is 0 Å². The van der Waals surface area contributed by atoms with Crippen LogP contribution in [-0.2, 0) is 9.53 Å². The summed E-state index contributed by atoms with van der Waals surface area (Å²) in [6.07, 6.45) is -0.670. The Bertz CT molecular complexity index is 380. The molecular weight excluding hydrogens is 258 g/mol. The number of nitrogens with zero attached hydrogens (tertiary/aromatic N) is 1. The van der Waals surface area contributed by atoms with E-state index in [0.717, 1.165) is 0 Å². The Labute approximate surface area is 105 Å². The van der Waals surface area contributed by atoms with Crippen LogP contribution in [0, 0.1) is 11.3 Å². The fraction of sp³-hybridized carbons (Fsp3) is 0.600. The van der Waals surface area contributed by atoms with Crippen LogP contribution < -0.4 is 5.32 Å². The molecule has 5 nitrogen and oxygen atoms in total. The van der Waals surface area contributed by atoms with Gasteiger partial charge in [0.1, 0.15) is 17.0 Å². The van der Waals surface area contributed by atoms with Gasteiger partial charge in [0.15, 0.2) is 5.78 Å². The van der Waals surface area contributed by atoms with Gasteiger partial charge in [-0.15, -0.1) is 0 Å². The van der Waals surface area contributed by atoms with Gasteiger partial charge < -0.3 is 10.1 Å². The third kappa shape index (κ3) is 6.36. The van der Waals surface area contributed by atoms with Gasteiger partial charge >= 0.3 is 6.09 Å². The van der Waals surface area contributed by atoms with Gasteiger partial charge in [-0.05, 0) is 27.7 Å². The van der Waals surface area contributed by atoms with E-state index in [4.69, 9.17) is 10.00 Å². The summed E-state index contributed by atoms with van der Waals surface area (Å²) >= 11 is 0. The van der Waals surface area contributed by atoms with E-state index in [1.165, 1.54) is 6.92 Å². The molecule has 0 saturated carbocycles. The van der Waals surface area contributed by atoms with E-state index in [2.05, 4.69) is 14.2 Å². The maximum atomic E-state index is 11.7. The fourth-order valence-electron chi connectivity index (χ4n) is 0.903. The molecule has 2 atom stereocenters. The van der Waals surface area contributed by atoms with Crippen LogP contribution in [0.2, 0.25) is 0 Å². The molecule has 7 heteroatoms. The van der Waals surface area contributed by atoms with Crippen molar-refractivity contribution in [1.82, 2.24) is 5.32 Å². The van der Waals surface area contributed by atoms with Crippen molar-refractivity contribution in [3.05, 3.63) is 0 Å². The Morgan fingerprint density at radius 1 is 1.47 bits per heavy atom. The van der Waals surface area contributed by atoms with Gasteiger partial charge in [-0.1, -0.05) is 16.8 Å². The highest BCUT2D eigenvalue weighted by Crippen LogP contribution is 2.11. The third-order valence-electron chi connectivity index (χ3n) is 1.59. The molecule has 0 aliphatic rings. The van der Waals surface area contributed by atoms with Crippen molar-refractivity contribution in [2.75, 3.05) is 0 Å². The molecule has 1 unspecified atom stereocenters. The molecule has 0 rings (SSSR count). The summed E-state index contributed by atoms with van der Waals surface area (Å²) in [5.74, 6) is -0.407. The molecule has 0 radical (unpaired) electrons. The van der Waals surface area contributed by atoms with E-state index in [-0.39, 0.29) is 5.29 Å². The SMILES string of the molecule is C[C@H](NC(=O)OC(C)(C)C)C(=O)C(C#N)=PP. The van der Waals surface area contributed by atoms with Gasteiger partial charge in [0, 0.05) is 0 Å². The summed E-state index contributed by atoms with van der Waals surface area (Å²) < 4.78 is 5.00. The van der Waals surface area contributed by atoms with Gasteiger partial charge in [-0.2, -0.15) is 5.26 Å². The van der Waals surface area contributed by atoms with E-state index in [9.17, 15) is 9.59 Å². The van der Waals surface area contributed by atoms with Crippen molar-refractivity contribution >= 4 is 34.0 Å². The largest absolute Gasteiger partial charge is 0.444 e. The molecule has 94 valence electrons. The molecule has 1 amide bonds. The number of nitriles is 1. The van der Waals surface area contributed by atoms with Crippen molar-refractivity contribution in [3.63, 3.8) is 0 Å².